The van der Waals surface area contributed by atoms with Crippen molar-refractivity contribution in [2.45, 2.75) is 6.54 Å². The van der Waals surface area contributed by atoms with Crippen LogP contribution in [0, 0.1) is 0 Å². The van der Waals surface area contributed by atoms with Crippen molar-refractivity contribution in [3.05, 3.63) is 58.4 Å². The Morgan fingerprint density at radius 3 is 2.76 bits per heavy atom. The predicted molar refractivity (Wildman–Crippen MR) is 142 cm³/mol. The van der Waals surface area contributed by atoms with Crippen LogP contribution in [0.2, 0.25) is 0 Å². The van der Waals surface area contributed by atoms with Crippen LogP contribution in [0.1, 0.15) is 0 Å². The first-order chi connectivity index (χ1) is 18.1. The molecule has 12 heteroatoms. The summed E-state index contributed by atoms with van der Waals surface area (Å²) in [6.07, 6.45) is 1.59. The number of benzene rings is 1. The van der Waals surface area contributed by atoms with Crippen LogP contribution in [-0.2, 0) is 6.54 Å². The molecule has 11 nitrogen and oxygen atoms in total. The van der Waals surface area contributed by atoms with Crippen molar-refractivity contribution in [2.75, 3.05) is 56.6 Å². The molecule has 0 saturated carbocycles. The minimum Gasteiger partial charge on any atom is -0.491 e. The third-order valence-corrected chi connectivity index (χ3v) is 7.57. The van der Waals surface area contributed by atoms with Crippen molar-refractivity contribution in [2.24, 2.45) is 0 Å². The summed E-state index contributed by atoms with van der Waals surface area (Å²) in [5.74, 6) is 1.62. The van der Waals surface area contributed by atoms with E-state index in [4.69, 9.17) is 20.0 Å². The van der Waals surface area contributed by atoms with E-state index in [-0.39, 0.29) is 24.0 Å². The fraction of sp³-hybridized carbons (Fsp3) is 0.320. The molecule has 1 aliphatic rings. The van der Waals surface area contributed by atoms with Crippen LogP contribution < -0.4 is 20.2 Å². The lowest BCUT2D eigenvalue weighted by Crippen LogP contribution is -2.47. The smallest absolute Gasteiger partial charge is 0.309 e. The number of fused-ring (bicyclic) bond motifs is 3. The van der Waals surface area contributed by atoms with E-state index in [0.29, 0.717) is 23.6 Å². The highest BCUT2D eigenvalue weighted by Crippen LogP contribution is 2.28. The van der Waals surface area contributed by atoms with Gasteiger partial charge in [-0.15, -0.1) is 0 Å². The number of hydrogen-bond acceptors (Lipinski definition) is 10. The summed E-state index contributed by atoms with van der Waals surface area (Å²) in [6.45, 7) is 5.06. The molecule has 192 valence electrons. The highest BCUT2D eigenvalue weighted by molar-refractivity contribution is 7.17. The van der Waals surface area contributed by atoms with E-state index in [1.54, 1.807) is 21.4 Å². The summed E-state index contributed by atoms with van der Waals surface area (Å²) in [4.78, 5) is 22.1. The summed E-state index contributed by atoms with van der Waals surface area (Å²) in [7, 11) is 0. The first-order valence-electron chi connectivity index (χ1n) is 12.1. The Labute approximate surface area is 215 Å². The van der Waals surface area contributed by atoms with Gasteiger partial charge in [-0.1, -0.05) is 17.4 Å². The van der Waals surface area contributed by atoms with Crippen LogP contribution >= 0.6 is 11.3 Å². The van der Waals surface area contributed by atoms with Gasteiger partial charge in [-0.05, 0) is 30.3 Å². The maximum atomic E-state index is 12.9. The lowest BCUT2D eigenvalue weighted by atomic mass is 10.2. The zero-order valence-corrected chi connectivity index (χ0v) is 20.9. The molecule has 0 bridgehead atoms. The molecule has 3 N–H and O–H groups in total. The molecule has 0 unspecified atom stereocenters. The third kappa shape index (κ3) is 4.54. The number of ether oxygens (including phenoxy) is 1. The van der Waals surface area contributed by atoms with Crippen molar-refractivity contribution in [1.82, 2.24) is 24.1 Å². The van der Waals surface area contributed by atoms with E-state index in [0.717, 1.165) is 65.7 Å². The Kier molecular flexibility index (Phi) is 6.28. The van der Waals surface area contributed by atoms with Crippen molar-refractivity contribution in [3.63, 3.8) is 0 Å². The standard InChI is InChI=1S/C25H27N7O4S/c26-24-27-23-22(20-16-19(28-32(20)24)21-5-2-13-36-21)37-25(34)31(23)11-8-29-6-9-30(10-7-29)17-3-1-4-18(15-17)35-14-12-33/h1-5,13,15-16,33H,6-12,14H2,(H2,26,27). The second kappa shape index (κ2) is 9.88. The Balaban J connectivity index is 1.16. The first kappa shape index (κ1) is 23.5. The van der Waals surface area contributed by atoms with Crippen molar-refractivity contribution >= 4 is 38.8 Å². The summed E-state index contributed by atoms with van der Waals surface area (Å²) in [5, 5.41) is 13.5. The number of furan rings is 1. The van der Waals surface area contributed by atoms with E-state index in [1.165, 1.54) is 0 Å². The lowest BCUT2D eigenvalue weighted by molar-refractivity contribution is 0.201. The molecule has 5 aromatic rings. The van der Waals surface area contributed by atoms with Gasteiger partial charge in [0, 0.05) is 51.0 Å². The second-order valence-electron chi connectivity index (χ2n) is 8.84. The van der Waals surface area contributed by atoms with Gasteiger partial charge in [0.1, 0.15) is 22.8 Å². The highest BCUT2D eigenvalue weighted by atomic mass is 32.1. The molecule has 5 heterocycles. The fourth-order valence-corrected chi connectivity index (χ4v) is 5.65. The van der Waals surface area contributed by atoms with E-state index in [1.807, 2.05) is 30.3 Å². The maximum Gasteiger partial charge on any atom is 0.309 e. The van der Waals surface area contributed by atoms with Gasteiger partial charge in [0.2, 0.25) is 5.95 Å². The average molecular weight is 522 g/mol. The minimum absolute atomic E-state index is 0.00709. The number of aliphatic hydroxyl groups is 1. The SMILES string of the molecule is Nc1nc2c(sc(=O)n2CCN2CCN(c3cccc(OCCO)c3)CC2)c2cc(-c3ccco3)nn12. The molecule has 0 spiro atoms. The minimum atomic E-state index is -0.0610. The zero-order valence-electron chi connectivity index (χ0n) is 20.1. The Bertz CT molecular complexity index is 1580. The van der Waals surface area contributed by atoms with E-state index < -0.39 is 0 Å². The van der Waals surface area contributed by atoms with Crippen LogP contribution in [0.3, 0.4) is 0 Å². The van der Waals surface area contributed by atoms with Gasteiger partial charge in [-0.25, -0.2) is 0 Å². The number of aliphatic hydroxyl groups excluding tert-OH is 1. The quantitative estimate of drug-likeness (QED) is 0.316. The van der Waals surface area contributed by atoms with Gasteiger partial charge < -0.3 is 24.9 Å². The molecule has 1 saturated heterocycles. The normalized spacial score (nSPS) is 14.7. The van der Waals surface area contributed by atoms with Gasteiger partial charge in [0.05, 0.1) is 18.4 Å². The molecule has 0 radical (unpaired) electrons. The van der Waals surface area contributed by atoms with Gasteiger partial charge in [-0.3, -0.25) is 14.3 Å². The van der Waals surface area contributed by atoms with Crippen molar-refractivity contribution < 1.29 is 14.3 Å². The van der Waals surface area contributed by atoms with Crippen LogP contribution in [0.4, 0.5) is 11.6 Å². The monoisotopic (exact) mass is 521 g/mol. The zero-order chi connectivity index (χ0) is 25.4. The molecule has 1 aromatic carbocycles. The van der Waals surface area contributed by atoms with Gasteiger partial charge >= 0.3 is 4.87 Å². The molecular weight excluding hydrogens is 494 g/mol. The van der Waals surface area contributed by atoms with Gasteiger partial charge in [0.25, 0.3) is 0 Å². The largest absolute Gasteiger partial charge is 0.491 e. The van der Waals surface area contributed by atoms with Crippen molar-refractivity contribution in [3.8, 4) is 17.2 Å². The fourth-order valence-electron chi connectivity index (χ4n) is 4.69. The van der Waals surface area contributed by atoms with Gasteiger partial charge in [0.15, 0.2) is 11.4 Å². The molecule has 4 aromatic heterocycles. The Morgan fingerprint density at radius 1 is 1.11 bits per heavy atom. The Hall–Kier alpha value is -3.87. The predicted octanol–water partition coefficient (Wildman–Crippen LogP) is 2.14. The number of piperazine rings is 1. The lowest BCUT2D eigenvalue weighted by Gasteiger charge is -2.36. The number of aromatic nitrogens is 4. The van der Waals surface area contributed by atoms with Crippen LogP contribution in [0.5, 0.6) is 5.75 Å². The highest BCUT2D eigenvalue weighted by Gasteiger charge is 2.21. The molecule has 6 rings (SSSR count). The summed E-state index contributed by atoms with van der Waals surface area (Å²) < 4.78 is 15.0. The third-order valence-electron chi connectivity index (χ3n) is 6.58. The summed E-state index contributed by atoms with van der Waals surface area (Å²) in [6, 6.07) is 13.5. The van der Waals surface area contributed by atoms with Gasteiger partial charge in [-0.2, -0.15) is 14.6 Å². The molecule has 0 amide bonds. The number of hydrogen-bond donors (Lipinski definition) is 2. The average Bonchev–Trinajstić information content (AvgIpc) is 3.66. The van der Waals surface area contributed by atoms with E-state index in [9.17, 15) is 4.79 Å². The number of nitrogens with two attached hydrogens (primary N) is 1. The number of thiazole rings is 1. The topological polar surface area (TPSA) is 127 Å². The number of nitrogen functional groups attached to an aromatic ring is 1. The van der Waals surface area contributed by atoms with Crippen LogP contribution in [0.15, 0.2) is 57.9 Å². The number of rotatable bonds is 8. The van der Waals surface area contributed by atoms with Crippen LogP contribution in [-0.4, -0.2) is 75.1 Å². The first-order valence-corrected chi connectivity index (χ1v) is 13.0. The number of anilines is 2. The number of nitrogens with zero attached hydrogens (tertiary/aromatic N) is 6. The van der Waals surface area contributed by atoms with E-state index in [2.05, 4.69) is 25.9 Å². The second-order valence-corrected chi connectivity index (χ2v) is 9.81. The van der Waals surface area contributed by atoms with Crippen LogP contribution in [0.25, 0.3) is 27.3 Å². The van der Waals surface area contributed by atoms with Crippen molar-refractivity contribution in [1.29, 1.82) is 0 Å². The molecule has 0 atom stereocenters. The molecule has 1 aliphatic heterocycles. The maximum absolute atomic E-state index is 12.9. The Morgan fingerprint density at radius 2 is 1.97 bits per heavy atom. The summed E-state index contributed by atoms with van der Waals surface area (Å²) >= 11 is 1.16. The molecule has 1 fully saturated rings. The van der Waals surface area contributed by atoms with E-state index >= 15 is 0 Å². The molecular formula is C25H27N7O4S. The summed E-state index contributed by atoms with van der Waals surface area (Å²) in [5.41, 5.74) is 9.30. The molecule has 0 aliphatic carbocycles. The molecule has 37 heavy (non-hydrogen) atoms.